The van der Waals surface area contributed by atoms with Crippen LogP contribution in [0.5, 0.6) is 0 Å². The Hall–Kier alpha value is -2.98. The second-order valence-corrected chi connectivity index (χ2v) is 8.67. The van der Waals surface area contributed by atoms with Gasteiger partial charge >= 0.3 is 0 Å². The van der Waals surface area contributed by atoms with Crippen molar-refractivity contribution in [3.8, 4) is 6.07 Å². The molecular formula is C23H20ClN4OS+. The summed E-state index contributed by atoms with van der Waals surface area (Å²) >= 11 is 7.38. The zero-order chi connectivity index (χ0) is 20.9. The minimum Gasteiger partial charge on any atom is -0.326 e. The minimum atomic E-state index is -0.452. The molecule has 0 aliphatic carbocycles. The maximum atomic E-state index is 12.6. The molecule has 0 fully saturated rings. The van der Waals surface area contributed by atoms with E-state index in [4.69, 9.17) is 11.6 Å². The molecule has 1 amide bonds. The van der Waals surface area contributed by atoms with Crippen LogP contribution in [-0.4, -0.2) is 17.4 Å². The summed E-state index contributed by atoms with van der Waals surface area (Å²) in [6.07, 6.45) is 2.49. The van der Waals surface area contributed by atoms with Gasteiger partial charge in [-0.05, 0) is 23.8 Å². The third-order valence-electron chi connectivity index (χ3n) is 4.96. The zero-order valence-electron chi connectivity index (χ0n) is 16.2. The highest BCUT2D eigenvalue weighted by atomic mass is 35.5. The first-order chi connectivity index (χ1) is 14.6. The lowest BCUT2D eigenvalue weighted by Crippen LogP contribution is -3.10. The van der Waals surface area contributed by atoms with Gasteiger partial charge in [0.15, 0.2) is 5.13 Å². The molecule has 0 saturated heterocycles. The van der Waals surface area contributed by atoms with E-state index in [-0.39, 0.29) is 5.57 Å². The molecular weight excluding hydrogens is 416 g/mol. The van der Waals surface area contributed by atoms with Crippen molar-refractivity contribution in [2.45, 2.75) is 19.5 Å². The normalized spacial score (nSPS) is 15.9. The molecule has 1 unspecified atom stereocenters. The van der Waals surface area contributed by atoms with Gasteiger partial charge in [0, 0.05) is 21.9 Å². The molecule has 7 heteroatoms. The van der Waals surface area contributed by atoms with Gasteiger partial charge in [-0.15, -0.1) is 11.3 Å². The van der Waals surface area contributed by atoms with Crippen molar-refractivity contribution < 1.29 is 9.69 Å². The molecule has 2 heterocycles. The molecule has 0 spiro atoms. The molecule has 1 aliphatic rings. The number of aromatic nitrogens is 1. The fraction of sp³-hybridized carbons (Fsp3) is 0.174. The first-order valence-corrected chi connectivity index (χ1v) is 10.8. The maximum Gasteiger partial charge on any atom is 0.268 e. The number of nitriles is 1. The van der Waals surface area contributed by atoms with Crippen molar-refractivity contribution in [2.75, 3.05) is 11.9 Å². The van der Waals surface area contributed by atoms with Gasteiger partial charge in [-0.2, -0.15) is 5.26 Å². The molecule has 2 aromatic carbocycles. The molecule has 30 heavy (non-hydrogen) atoms. The number of thiazole rings is 1. The number of nitrogens with one attached hydrogen (secondary N) is 2. The molecule has 0 bridgehead atoms. The Balaban J connectivity index is 1.43. The van der Waals surface area contributed by atoms with Crippen LogP contribution in [0.25, 0.3) is 6.08 Å². The summed E-state index contributed by atoms with van der Waals surface area (Å²) in [6, 6.07) is 19.4. The summed E-state index contributed by atoms with van der Waals surface area (Å²) < 4.78 is 0. The summed E-state index contributed by atoms with van der Waals surface area (Å²) in [4.78, 5) is 19.9. The van der Waals surface area contributed by atoms with Crippen LogP contribution < -0.4 is 10.2 Å². The standard InChI is InChI=1S/C23H19ClN4OS/c24-19-8-6-16(7-9-19)12-18(13-25)22(29)27-23-26-20-15-28(11-10-21(20)30-23)14-17-4-2-1-3-5-17/h1-9,12H,10-11,14-15H2,(H,26,27,29)/p+1/b18-12+. The Morgan fingerprint density at radius 2 is 2.00 bits per heavy atom. The average Bonchev–Trinajstić information content (AvgIpc) is 3.15. The summed E-state index contributed by atoms with van der Waals surface area (Å²) in [5, 5.41) is 13.3. The van der Waals surface area contributed by atoms with Gasteiger partial charge in [0.2, 0.25) is 0 Å². The van der Waals surface area contributed by atoms with Crippen molar-refractivity contribution in [2.24, 2.45) is 0 Å². The minimum absolute atomic E-state index is 0.0295. The Kier molecular flexibility index (Phi) is 6.24. The lowest BCUT2D eigenvalue weighted by atomic mass is 10.1. The summed E-state index contributed by atoms with van der Waals surface area (Å²) in [5.41, 5.74) is 3.12. The largest absolute Gasteiger partial charge is 0.326 e. The SMILES string of the molecule is N#C/C(=C\c1ccc(Cl)cc1)C(=O)Nc1nc2c(s1)CC[NH+](Cc1ccccc1)C2. The molecule has 3 aromatic rings. The second kappa shape index (κ2) is 9.23. The van der Waals surface area contributed by atoms with Crippen LogP contribution in [-0.2, 0) is 24.3 Å². The Labute approximate surface area is 184 Å². The van der Waals surface area contributed by atoms with Crippen LogP contribution in [0.1, 0.15) is 21.7 Å². The summed E-state index contributed by atoms with van der Waals surface area (Å²) in [7, 11) is 0. The average molecular weight is 436 g/mol. The number of amides is 1. The fourth-order valence-corrected chi connectivity index (χ4v) is 4.56. The molecule has 2 N–H and O–H groups in total. The van der Waals surface area contributed by atoms with E-state index in [9.17, 15) is 10.1 Å². The van der Waals surface area contributed by atoms with E-state index in [2.05, 4.69) is 34.6 Å². The first-order valence-electron chi connectivity index (χ1n) is 9.65. The lowest BCUT2D eigenvalue weighted by Gasteiger charge is -2.22. The van der Waals surface area contributed by atoms with Crippen molar-refractivity contribution in [3.05, 3.63) is 86.9 Å². The van der Waals surface area contributed by atoms with Crippen molar-refractivity contribution in [1.29, 1.82) is 5.26 Å². The van der Waals surface area contributed by atoms with Gasteiger partial charge in [-0.25, -0.2) is 4.98 Å². The van der Waals surface area contributed by atoms with Gasteiger partial charge in [-0.3, -0.25) is 10.1 Å². The number of hydrogen-bond donors (Lipinski definition) is 2. The highest BCUT2D eigenvalue weighted by Gasteiger charge is 2.24. The molecule has 0 saturated carbocycles. The number of hydrogen-bond acceptors (Lipinski definition) is 4. The van der Waals surface area contributed by atoms with Gasteiger partial charge in [0.25, 0.3) is 5.91 Å². The first kappa shape index (κ1) is 20.3. The van der Waals surface area contributed by atoms with E-state index >= 15 is 0 Å². The molecule has 4 rings (SSSR count). The zero-order valence-corrected chi connectivity index (χ0v) is 17.8. The quantitative estimate of drug-likeness (QED) is 0.476. The van der Waals surface area contributed by atoms with E-state index in [1.165, 1.54) is 26.7 Å². The van der Waals surface area contributed by atoms with Crippen LogP contribution in [0.3, 0.4) is 0 Å². The number of nitrogens with zero attached hydrogens (tertiary/aromatic N) is 2. The smallest absolute Gasteiger partial charge is 0.268 e. The molecule has 0 radical (unpaired) electrons. The van der Waals surface area contributed by atoms with E-state index < -0.39 is 5.91 Å². The predicted molar refractivity (Wildman–Crippen MR) is 119 cm³/mol. The van der Waals surface area contributed by atoms with Crippen LogP contribution in [0.2, 0.25) is 5.02 Å². The number of carbonyl (C=O) groups is 1. The Morgan fingerprint density at radius 3 is 2.73 bits per heavy atom. The summed E-state index contributed by atoms with van der Waals surface area (Å²) in [5.74, 6) is -0.452. The predicted octanol–water partition coefficient (Wildman–Crippen LogP) is 3.48. The van der Waals surface area contributed by atoms with Gasteiger partial charge in [0.1, 0.15) is 30.4 Å². The van der Waals surface area contributed by atoms with E-state index in [0.717, 1.165) is 37.3 Å². The van der Waals surface area contributed by atoms with Gasteiger partial charge in [0.05, 0.1) is 6.54 Å². The summed E-state index contributed by atoms with van der Waals surface area (Å²) in [6.45, 7) is 2.83. The van der Waals surface area contributed by atoms with Crippen LogP contribution in [0, 0.1) is 11.3 Å². The van der Waals surface area contributed by atoms with Crippen LogP contribution in [0.4, 0.5) is 5.13 Å². The molecule has 5 nitrogen and oxygen atoms in total. The van der Waals surface area contributed by atoms with Crippen LogP contribution in [0.15, 0.2) is 60.2 Å². The van der Waals surface area contributed by atoms with Gasteiger partial charge < -0.3 is 4.90 Å². The van der Waals surface area contributed by atoms with E-state index in [1.54, 1.807) is 30.3 Å². The molecule has 1 aliphatic heterocycles. The second-order valence-electron chi connectivity index (χ2n) is 7.15. The number of rotatable bonds is 5. The number of halogens is 1. The fourth-order valence-electron chi connectivity index (χ4n) is 3.46. The van der Waals surface area contributed by atoms with E-state index in [0.29, 0.717) is 10.2 Å². The lowest BCUT2D eigenvalue weighted by molar-refractivity contribution is -0.929. The molecule has 1 atom stereocenters. The van der Waals surface area contributed by atoms with Crippen molar-refractivity contribution >= 4 is 40.1 Å². The number of quaternary nitrogens is 1. The highest BCUT2D eigenvalue weighted by Crippen LogP contribution is 2.25. The number of anilines is 1. The molecule has 150 valence electrons. The molecule has 1 aromatic heterocycles. The Morgan fingerprint density at radius 1 is 1.23 bits per heavy atom. The van der Waals surface area contributed by atoms with Crippen molar-refractivity contribution in [3.63, 3.8) is 0 Å². The third kappa shape index (κ3) is 4.95. The van der Waals surface area contributed by atoms with Crippen molar-refractivity contribution in [1.82, 2.24) is 4.98 Å². The topological polar surface area (TPSA) is 70.2 Å². The number of carbonyl (C=O) groups excluding carboxylic acids is 1. The monoisotopic (exact) mass is 435 g/mol. The van der Waals surface area contributed by atoms with Crippen LogP contribution >= 0.6 is 22.9 Å². The number of fused-ring (bicyclic) bond motifs is 1. The third-order valence-corrected chi connectivity index (χ3v) is 6.29. The van der Waals surface area contributed by atoms with Gasteiger partial charge in [-0.1, -0.05) is 54.1 Å². The van der Waals surface area contributed by atoms with E-state index in [1.807, 2.05) is 12.1 Å². The maximum absolute atomic E-state index is 12.6. The number of benzene rings is 2. The highest BCUT2D eigenvalue weighted by molar-refractivity contribution is 7.15. The Bertz CT molecular complexity index is 1120.